The van der Waals surface area contributed by atoms with E-state index in [0.717, 1.165) is 19.4 Å². The predicted octanol–water partition coefficient (Wildman–Crippen LogP) is 5.66. The summed E-state index contributed by atoms with van der Waals surface area (Å²) in [4.78, 5) is 0. The largest absolute Gasteiger partial charge is 0.366 e. The summed E-state index contributed by atoms with van der Waals surface area (Å²) in [6.07, 6.45) is 10.3. The third-order valence-electron chi connectivity index (χ3n) is 3.62. The Bertz CT molecular complexity index is 275. The highest BCUT2D eigenvalue weighted by Gasteiger charge is 2.07. The molecule has 0 saturated carbocycles. The van der Waals surface area contributed by atoms with Crippen molar-refractivity contribution in [3.63, 3.8) is 0 Å². The Morgan fingerprint density at radius 3 is 2.14 bits per heavy atom. The minimum atomic E-state index is -0.307. The maximum atomic E-state index is 5.95. The van der Waals surface area contributed by atoms with Crippen LogP contribution in [0.25, 0.3) is 0 Å². The molecule has 0 heterocycles. The Balaban J connectivity index is 3.53. The zero-order valence-corrected chi connectivity index (χ0v) is 16.4. The highest BCUT2D eigenvalue weighted by Crippen LogP contribution is 2.11. The normalized spacial score (nSPS) is 12.5. The quantitative estimate of drug-likeness (QED) is 0.257. The minimum Gasteiger partial charge on any atom is -0.366 e. The lowest BCUT2D eigenvalue weighted by molar-refractivity contribution is 0.0742. The van der Waals surface area contributed by atoms with Gasteiger partial charge in [-0.2, -0.15) is 0 Å². The molecule has 1 unspecified atom stereocenters. The van der Waals surface area contributed by atoms with Crippen LogP contribution in [0.4, 0.5) is 0 Å². The van der Waals surface area contributed by atoms with Crippen molar-refractivity contribution in [2.24, 2.45) is 5.92 Å². The fourth-order valence-electron chi connectivity index (χ4n) is 2.40. The van der Waals surface area contributed by atoms with E-state index in [9.17, 15) is 0 Å². The molecule has 124 valence electrons. The topological polar surface area (TPSA) is 9.23 Å². The van der Waals surface area contributed by atoms with Gasteiger partial charge >= 0.3 is 0 Å². The summed E-state index contributed by atoms with van der Waals surface area (Å²) in [6.45, 7) is 12.4. The van der Waals surface area contributed by atoms with Crippen molar-refractivity contribution in [3.8, 4) is 11.8 Å². The zero-order valence-electron chi connectivity index (χ0n) is 15.2. The molecular formula is C19H38OSi. The molecule has 2 heteroatoms. The average Bonchev–Trinajstić information content (AvgIpc) is 2.41. The third-order valence-corrected chi connectivity index (χ3v) is 5.18. The van der Waals surface area contributed by atoms with E-state index >= 15 is 0 Å². The number of hydrogen-bond acceptors (Lipinski definition) is 1. The number of rotatable bonds is 12. The van der Waals surface area contributed by atoms with Crippen molar-refractivity contribution in [2.75, 3.05) is 6.61 Å². The van der Waals surface area contributed by atoms with Gasteiger partial charge in [0.1, 0.15) is 6.10 Å². The standard InChI is InChI=1S/C19H38OSi/c1-6-7-14-19(17-18(2)3)20-15-12-10-8-9-11-13-16-21(4)5/h18-19,21H,6,8-13,15-17H2,1-5H3. The molecule has 0 rings (SSSR count). The van der Waals surface area contributed by atoms with Crippen LogP contribution >= 0.6 is 0 Å². The van der Waals surface area contributed by atoms with Crippen LogP contribution in [-0.4, -0.2) is 21.5 Å². The summed E-state index contributed by atoms with van der Waals surface area (Å²) in [7, 11) is -0.307. The minimum absolute atomic E-state index is 0.154. The molecule has 0 aromatic rings. The summed E-state index contributed by atoms with van der Waals surface area (Å²) < 4.78 is 5.95. The van der Waals surface area contributed by atoms with E-state index in [-0.39, 0.29) is 14.9 Å². The van der Waals surface area contributed by atoms with Crippen molar-refractivity contribution in [1.29, 1.82) is 0 Å². The SMILES string of the molecule is CCC#CC(CC(C)C)OCCCCCCCC[SiH](C)C. The van der Waals surface area contributed by atoms with E-state index < -0.39 is 0 Å². The molecule has 0 aliphatic rings. The van der Waals surface area contributed by atoms with Crippen LogP contribution in [0, 0.1) is 17.8 Å². The van der Waals surface area contributed by atoms with Crippen LogP contribution in [0.1, 0.15) is 72.1 Å². The summed E-state index contributed by atoms with van der Waals surface area (Å²) in [5, 5.41) is 0. The van der Waals surface area contributed by atoms with Gasteiger partial charge in [-0.3, -0.25) is 0 Å². The zero-order chi connectivity index (χ0) is 15.9. The Morgan fingerprint density at radius 1 is 0.952 bits per heavy atom. The predicted molar refractivity (Wildman–Crippen MR) is 98.6 cm³/mol. The van der Waals surface area contributed by atoms with E-state index in [1.807, 2.05) is 0 Å². The van der Waals surface area contributed by atoms with Crippen LogP contribution in [0.5, 0.6) is 0 Å². The second-order valence-corrected chi connectivity index (χ2v) is 10.3. The van der Waals surface area contributed by atoms with Gasteiger partial charge in [-0.05, 0) is 18.8 Å². The van der Waals surface area contributed by atoms with E-state index in [1.54, 1.807) is 0 Å². The molecular weight excluding hydrogens is 272 g/mol. The van der Waals surface area contributed by atoms with Crippen molar-refractivity contribution in [2.45, 2.75) is 97.4 Å². The van der Waals surface area contributed by atoms with Gasteiger partial charge in [0, 0.05) is 21.8 Å². The molecule has 0 aliphatic carbocycles. The summed E-state index contributed by atoms with van der Waals surface area (Å²) in [5.41, 5.74) is 0. The van der Waals surface area contributed by atoms with E-state index in [0.29, 0.717) is 5.92 Å². The lowest BCUT2D eigenvalue weighted by Crippen LogP contribution is -2.14. The van der Waals surface area contributed by atoms with Gasteiger partial charge in [-0.25, -0.2) is 0 Å². The monoisotopic (exact) mass is 310 g/mol. The second kappa shape index (κ2) is 14.7. The first kappa shape index (κ1) is 20.7. The molecule has 0 bridgehead atoms. The molecule has 21 heavy (non-hydrogen) atoms. The van der Waals surface area contributed by atoms with Gasteiger partial charge in [-0.15, -0.1) is 5.92 Å². The first-order valence-electron chi connectivity index (χ1n) is 9.16. The third kappa shape index (κ3) is 15.9. The molecule has 0 aliphatic heterocycles. The molecule has 0 aromatic heterocycles. The smallest absolute Gasteiger partial charge is 0.118 e. The van der Waals surface area contributed by atoms with Crippen LogP contribution in [0.3, 0.4) is 0 Å². The Hall–Kier alpha value is -0.263. The van der Waals surface area contributed by atoms with Crippen LogP contribution in [0.2, 0.25) is 19.1 Å². The maximum absolute atomic E-state index is 5.95. The fourth-order valence-corrected chi connectivity index (χ4v) is 3.51. The molecule has 1 atom stereocenters. The summed E-state index contributed by atoms with van der Waals surface area (Å²) in [6, 6.07) is 1.52. The van der Waals surface area contributed by atoms with Crippen LogP contribution in [0.15, 0.2) is 0 Å². The Labute approximate surface area is 135 Å². The molecule has 0 radical (unpaired) electrons. The van der Waals surface area contributed by atoms with Gasteiger partial charge in [-0.1, -0.05) is 77.9 Å². The van der Waals surface area contributed by atoms with Crippen LogP contribution < -0.4 is 0 Å². The van der Waals surface area contributed by atoms with E-state index in [1.165, 1.54) is 44.6 Å². The first-order chi connectivity index (χ1) is 10.1. The summed E-state index contributed by atoms with van der Waals surface area (Å²) in [5.74, 6) is 7.09. The van der Waals surface area contributed by atoms with Gasteiger partial charge in [0.05, 0.1) is 0 Å². The van der Waals surface area contributed by atoms with E-state index in [2.05, 4.69) is 45.7 Å². The number of unbranched alkanes of at least 4 members (excludes halogenated alkanes) is 5. The average molecular weight is 311 g/mol. The lowest BCUT2D eigenvalue weighted by atomic mass is 10.1. The molecule has 0 aromatic carbocycles. The summed E-state index contributed by atoms with van der Waals surface area (Å²) >= 11 is 0. The van der Waals surface area contributed by atoms with Crippen molar-refractivity contribution < 1.29 is 4.74 Å². The molecule has 0 saturated heterocycles. The Morgan fingerprint density at radius 2 is 1.57 bits per heavy atom. The van der Waals surface area contributed by atoms with Gasteiger partial charge in [0.25, 0.3) is 0 Å². The van der Waals surface area contributed by atoms with Gasteiger partial charge in [0.2, 0.25) is 0 Å². The maximum Gasteiger partial charge on any atom is 0.118 e. The van der Waals surface area contributed by atoms with E-state index in [4.69, 9.17) is 4.74 Å². The first-order valence-corrected chi connectivity index (χ1v) is 12.3. The van der Waals surface area contributed by atoms with Crippen LogP contribution in [-0.2, 0) is 4.74 Å². The number of ether oxygens (including phenoxy) is 1. The van der Waals surface area contributed by atoms with Crippen molar-refractivity contribution >= 4 is 8.80 Å². The lowest BCUT2D eigenvalue weighted by Gasteiger charge is -2.14. The highest BCUT2D eigenvalue weighted by molar-refractivity contribution is 6.55. The van der Waals surface area contributed by atoms with Crippen molar-refractivity contribution in [1.82, 2.24) is 0 Å². The highest BCUT2D eigenvalue weighted by atomic mass is 28.3. The molecule has 0 fully saturated rings. The molecule has 0 amide bonds. The molecule has 1 nitrogen and oxygen atoms in total. The van der Waals surface area contributed by atoms with Crippen molar-refractivity contribution in [3.05, 3.63) is 0 Å². The number of hydrogen-bond donors (Lipinski definition) is 0. The molecule has 0 N–H and O–H groups in total. The van der Waals surface area contributed by atoms with Gasteiger partial charge in [0.15, 0.2) is 0 Å². The van der Waals surface area contributed by atoms with Gasteiger partial charge < -0.3 is 4.74 Å². The second-order valence-electron chi connectivity index (χ2n) is 6.97. The fraction of sp³-hybridized carbons (Fsp3) is 0.895. The molecule has 0 spiro atoms. The Kier molecular flexibility index (Phi) is 14.5.